The molecule has 0 radical (unpaired) electrons. The number of rotatable bonds is 8. The summed E-state index contributed by atoms with van der Waals surface area (Å²) < 4.78 is 53.1. The summed E-state index contributed by atoms with van der Waals surface area (Å²) in [6, 6.07) is 9.37. The molecule has 206 valence electrons. The van der Waals surface area contributed by atoms with Crippen molar-refractivity contribution in [2.45, 2.75) is 58.1 Å². The van der Waals surface area contributed by atoms with Crippen LogP contribution in [0.4, 0.5) is 23.7 Å². The Kier molecular flexibility index (Phi) is 10.0. The summed E-state index contributed by atoms with van der Waals surface area (Å²) in [4.78, 5) is 42.0. The number of hydrogen-bond acceptors (Lipinski definition) is 6. The molecule has 1 heterocycles. The van der Waals surface area contributed by atoms with Crippen LogP contribution in [0.5, 0.6) is 0 Å². The Balaban J connectivity index is 2.29. The Bertz CT molecular complexity index is 1190. The van der Waals surface area contributed by atoms with Crippen LogP contribution in [-0.2, 0) is 20.9 Å². The molecule has 0 aliphatic carbocycles. The highest BCUT2D eigenvalue weighted by Gasteiger charge is 2.61. The van der Waals surface area contributed by atoms with E-state index in [-0.39, 0.29) is 10.3 Å². The largest absolute Gasteiger partial charge is 0.444 e. The van der Waals surface area contributed by atoms with Gasteiger partial charge in [0.1, 0.15) is 10.2 Å². The van der Waals surface area contributed by atoms with Crippen molar-refractivity contribution in [3.05, 3.63) is 70.5 Å². The number of halogens is 4. The second kappa shape index (κ2) is 12.4. The summed E-state index contributed by atoms with van der Waals surface area (Å²) >= 11 is 3.16. The molecular weight excluding hydrogens is 573 g/mol. The number of nitrogens with one attached hydrogen (secondary N) is 3. The second-order valence-corrected chi connectivity index (χ2v) is 9.87. The van der Waals surface area contributed by atoms with Crippen molar-refractivity contribution in [2.75, 3.05) is 5.32 Å². The molecule has 9 nitrogen and oxygen atoms in total. The Morgan fingerprint density at radius 3 is 2.29 bits per heavy atom. The third-order valence-electron chi connectivity index (χ3n) is 4.88. The van der Waals surface area contributed by atoms with Gasteiger partial charge in [-0.2, -0.15) is 13.2 Å². The first-order valence-corrected chi connectivity index (χ1v) is 12.0. The molecule has 0 saturated heterocycles. The van der Waals surface area contributed by atoms with Gasteiger partial charge in [0.25, 0.3) is 11.8 Å². The summed E-state index contributed by atoms with van der Waals surface area (Å²) in [5.74, 6) is -2.79. The number of ether oxygens (including phenoxy) is 2. The lowest BCUT2D eigenvalue weighted by atomic mass is 9.97. The van der Waals surface area contributed by atoms with E-state index in [1.807, 2.05) is 5.43 Å². The van der Waals surface area contributed by atoms with Crippen LogP contribution < -0.4 is 16.2 Å². The Labute approximate surface area is 226 Å². The number of aryl methyl sites for hydroxylation is 1. The van der Waals surface area contributed by atoms with E-state index in [0.717, 1.165) is 6.08 Å². The van der Waals surface area contributed by atoms with Crippen LogP contribution in [0.15, 0.2) is 53.7 Å². The quantitative estimate of drug-likeness (QED) is 0.213. The first-order chi connectivity index (χ1) is 17.6. The van der Waals surface area contributed by atoms with E-state index < -0.39 is 54.0 Å². The van der Waals surface area contributed by atoms with E-state index in [1.165, 1.54) is 18.2 Å². The molecule has 0 spiro atoms. The summed E-state index contributed by atoms with van der Waals surface area (Å²) in [6.45, 7) is 9.32. The monoisotopic (exact) mass is 600 g/mol. The Hall–Kier alpha value is -3.45. The van der Waals surface area contributed by atoms with Crippen molar-refractivity contribution in [3.8, 4) is 0 Å². The smallest absolute Gasteiger partial charge is 0.427 e. The summed E-state index contributed by atoms with van der Waals surface area (Å²) in [7, 11) is 0. The number of hydrogen-bond donors (Lipinski definition) is 3. The fourth-order valence-corrected chi connectivity index (χ4v) is 3.37. The molecular formula is C25H28BrF3N4O5. The number of nitrogens with zero attached hydrogens (tertiary/aromatic N) is 1. The maximum Gasteiger partial charge on any atom is 0.427 e. The SMILES string of the molecule is C=CCC(OCc1ccccc1)(C(=O)NNC(=O)c1nc(Br)c(C)cc1NC(=O)OC(C)(C)C)C(F)(F)F. The maximum atomic E-state index is 14.2. The lowest BCUT2D eigenvalue weighted by Crippen LogP contribution is -2.61. The standard InChI is InChI=1S/C25H28BrF3N4O5/c1-6-12-24(25(27,28)29,37-14-16-10-8-7-9-11-16)21(35)33-32-20(34)18-17(13-15(2)19(26)31-18)30-22(36)38-23(3,4)5/h6-11,13H,1,12,14H2,2-5H3,(H,30,36)(H,32,34)(H,33,35). The number of carbonyl (C=O) groups is 3. The molecule has 0 bridgehead atoms. The highest BCUT2D eigenvalue weighted by molar-refractivity contribution is 9.10. The lowest BCUT2D eigenvalue weighted by molar-refractivity contribution is -0.270. The van der Waals surface area contributed by atoms with Gasteiger partial charge in [-0.25, -0.2) is 9.78 Å². The number of pyridine rings is 1. The number of benzene rings is 1. The molecule has 38 heavy (non-hydrogen) atoms. The van der Waals surface area contributed by atoms with Crippen LogP contribution in [0.25, 0.3) is 0 Å². The van der Waals surface area contributed by atoms with Crippen molar-refractivity contribution in [3.63, 3.8) is 0 Å². The second-order valence-electron chi connectivity index (χ2n) is 9.12. The van der Waals surface area contributed by atoms with Crippen molar-refractivity contribution in [1.82, 2.24) is 15.8 Å². The molecule has 0 aliphatic heterocycles. The van der Waals surface area contributed by atoms with Gasteiger partial charge in [-0.05, 0) is 60.8 Å². The third-order valence-corrected chi connectivity index (χ3v) is 5.68. The van der Waals surface area contributed by atoms with Crippen LogP contribution in [0.1, 0.15) is 48.8 Å². The number of hydrazine groups is 1. The maximum absolute atomic E-state index is 14.2. The van der Waals surface area contributed by atoms with E-state index in [4.69, 9.17) is 9.47 Å². The van der Waals surface area contributed by atoms with E-state index in [1.54, 1.807) is 51.3 Å². The molecule has 2 rings (SSSR count). The van der Waals surface area contributed by atoms with Crippen molar-refractivity contribution >= 4 is 39.5 Å². The van der Waals surface area contributed by atoms with Crippen LogP contribution >= 0.6 is 15.9 Å². The summed E-state index contributed by atoms with van der Waals surface area (Å²) in [5.41, 5.74) is -0.0763. The van der Waals surface area contributed by atoms with Crippen LogP contribution in [0.2, 0.25) is 0 Å². The molecule has 1 unspecified atom stereocenters. The predicted octanol–water partition coefficient (Wildman–Crippen LogP) is 5.35. The fraction of sp³-hybridized carbons (Fsp3) is 0.360. The minimum Gasteiger partial charge on any atom is -0.444 e. The summed E-state index contributed by atoms with van der Waals surface area (Å²) in [5, 5.41) is 2.38. The van der Waals surface area contributed by atoms with Crippen LogP contribution in [0, 0.1) is 6.92 Å². The number of anilines is 1. The van der Waals surface area contributed by atoms with Crippen molar-refractivity contribution in [2.24, 2.45) is 0 Å². The zero-order valence-electron chi connectivity index (χ0n) is 21.2. The zero-order chi connectivity index (χ0) is 28.7. The molecule has 3 N–H and O–H groups in total. The number of carbonyl (C=O) groups excluding carboxylic acids is 3. The molecule has 2 aromatic rings. The zero-order valence-corrected chi connectivity index (χ0v) is 22.7. The summed E-state index contributed by atoms with van der Waals surface area (Å²) in [6.07, 6.45) is -6.10. The van der Waals surface area contributed by atoms with Gasteiger partial charge in [-0.3, -0.25) is 25.8 Å². The topological polar surface area (TPSA) is 119 Å². The van der Waals surface area contributed by atoms with Crippen molar-refractivity contribution in [1.29, 1.82) is 0 Å². The highest BCUT2D eigenvalue weighted by atomic mass is 79.9. The van der Waals surface area contributed by atoms with Crippen molar-refractivity contribution < 1.29 is 37.0 Å². The van der Waals surface area contributed by atoms with Crippen LogP contribution in [-0.4, -0.2) is 40.3 Å². The molecule has 3 amide bonds. The average Bonchev–Trinajstić information content (AvgIpc) is 2.80. The molecule has 0 aliphatic rings. The van der Waals surface area contributed by atoms with E-state index in [0.29, 0.717) is 11.1 Å². The fourth-order valence-electron chi connectivity index (χ4n) is 3.07. The third kappa shape index (κ3) is 8.02. The highest BCUT2D eigenvalue weighted by Crippen LogP contribution is 2.38. The van der Waals surface area contributed by atoms with Gasteiger partial charge >= 0.3 is 12.3 Å². The first kappa shape index (κ1) is 30.8. The minimum absolute atomic E-state index is 0.0970. The lowest BCUT2D eigenvalue weighted by Gasteiger charge is -2.33. The Morgan fingerprint density at radius 1 is 1.11 bits per heavy atom. The number of aromatic nitrogens is 1. The number of alkyl halides is 3. The molecule has 0 fully saturated rings. The van der Waals surface area contributed by atoms with Gasteiger partial charge in [0.05, 0.1) is 12.3 Å². The van der Waals surface area contributed by atoms with Gasteiger partial charge in [0, 0.05) is 6.42 Å². The van der Waals surface area contributed by atoms with E-state index >= 15 is 0 Å². The molecule has 0 saturated carbocycles. The van der Waals surface area contributed by atoms with Crippen LogP contribution in [0.3, 0.4) is 0 Å². The minimum atomic E-state index is -5.17. The van der Waals surface area contributed by atoms with E-state index in [2.05, 4.69) is 32.8 Å². The number of amides is 3. The van der Waals surface area contributed by atoms with Gasteiger partial charge < -0.3 is 9.47 Å². The van der Waals surface area contributed by atoms with Gasteiger partial charge in [0.15, 0.2) is 5.69 Å². The Morgan fingerprint density at radius 2 is 1.74 bits per heavy atom. The first-order valence-electron chi connectivity index (χ1n) is 11.2. The van der Waals surface area contributed by atoms with E-state index in [9.17, 15) is 27.6 Å². The average molecular weight is 601 g/mol. The van der Waals surface area contributed by atoms with Gasteiger partial charge in [-0.1, -0.05) is 36.4 Å². The molecule has 1 aromatic heterocycles. The van der Waals surface area contributed by atoms with Gasteiger partial charge in [-0.15, -0.1) is 6.58 Å². The molecule has 13 heteroatoms. The normalized spacial score (nSPS) is 13.2. The van der Waals surface area contributed by atoms with Gasteiger partial charge in [0.2, 0.25) is 5.60 Å². The predicted molar refractivity (Wildman–Crippen MR) is 137 cm³/mol. The molecule has 1 aromatic carbocycles. The molecule has 1 atom stereocenters.